The third-order valence-corrected chi connectivity index (χ3v) is 1.49. The van der Waals surface area contributed by atoms with Crippen LogP contribution in [0.3, 0.4) is 0 Å². The Morgan fingerprint density at radius 3 is 2.45 bits per heavy atom. The third-order valence-electron chi connectivity index (χ3n) is 1.49. The third kappa shape index (κ3) is 1.38. The molecule has 0 amide bonds. The van der Waals surface area contributed by atoms with Gasteiger partial charge in [-0.1, -0.05) is 0 Å². The summed E-state index contributed by atoms with van der Waals surface area (Å²) in [5, 5.41) is 17.4. The van der Waals surface area contributed by atoms with Crippen LogP contribution in [0.25, 0.3) is 0 Å². The van der Waals surface area contributed by atoms with Crippen molar-refractivity contribution in [3.63, 3.8) is 0 Å². The second kappa shape index (κ2) is 2.98. The first-order chi connectivity index (χ1) is 5.16. The van der Waals surface area contributed by atoms with Gasteiger partial charge in [-0.2, -0.15) is 0 Å². The molecule has 2 N–H and O–H groups in total. The maximum Gasteiger partial charge on any atom is 0.377 e. The molecule has 1 rings (SSSR count). The molecule has 5 heteroatoms. The summed E-state index contributed by atoms with van der Waals surface area (Å²) in [4.78, 5) is 21.0. The highest BCUT2D eigenvalue weighted by Crippen LogP contribution is 2.14. The van der Waals surface area contributed by atoms with Crippen LogP contribution in [-0.4, -0.2) is 40.8 Å². The summed E-state index contributed by atoms with van der Waals surface area (Å²) in [5.74, 6) is -1.94. The van der Waals surface area contributed by atoms with Crippen LogP contribution in [0.1, 0.15) is 6.42 Å². The number of Topliss-reactive ketones (excluding diaryl/α,β-unsaturated/α-hetero) is 1. The van der Waals surface area contributed by atoms with E-state index in [0.29, 0.717) is 0 Å². The highest BCUT2D eigenvalue weighted by Gasteiger charge is 2.41. The lowest BCUT2D eigenvalue weighted by Crippen LogP contribution is -2.27. The number of aliphatic hydroxyl groups excluding tert-OH is 2. The van der Waals surface area contributed by atoms with Crippen molar-refractivity contribution in [1.29, 1.82) is 0 Å². The van der Waals surface area contributed by atoms with Gasteiger partial charge in [-0.3, -0.25) is 4.79 Å². The van der Waals surface area contributed by atoms with E-state index >= 15 is 0 Å². The van der Waals surface area contributed by atoms with Gasteiger partial charge in [0, 0.05) is 13.0 Å². The highest BCUT2D eigenvalue weighted by molar-refractivity contribution is 6.37. The van der Waals surface area contributed by atoms with Crippen molar-refractivity contribution in [2.75, 3.05) is 6.61 Å². The lowest BCUT2D eigenvalue weighted by Gasteiger charge is -2.08. The maximum absolute atomic E-state index is 10.6. The van der Waals surface area contributed by atoms with Crippen LogP contribution < -0.4 is 0 Å². The molecule has 1 saturated heterocycles. The largest absolute Gasteiger partial charge is 0.453 e. The van der Waals surface area contributed by atoms with Crippen LogP contribution in [0, 0.1) is 0 Å². The van der Waals surface area contributed by atoms with Crippen molar-refractivity contribution in [2.45, 2.75) is 18.6 Å². The average molecular weight is 160 g/mol. The summed E-state index contributed by atoms with van der Waals surface area (Å²) in [6.07, 6.45) is -2.16. The molecule has 1 heterocycles. The van der Waals surface area contributed by atoms with Gasteiger partial charge in [0.1, 0.15) is 6.10 Å². The second-order valence-corrected chi connectivity index (χ2v) is 2.27. The van der Waals surface area contributed by atoms with Crippen molar-refractivity contribution in [3.05, 3.63) is 0 Å². The van der Waals surface area contributed by atoms with Crippen LogP contribution in [0.2, 0.25) is 0 Å². The summed E-state index contributed by atoms with van der Waals surface area (Å²) >= 11 is 0. The Labute approximate surface area is 62.6 Å². The molecule has 5 nitrogen and oxygen atoms in total. The maximum atomic E-state index is 10.6. The zero-order chi connectivity index (χ0) is 8.43. The fourth-order valence-electron chi connectivity index (χ4n) is 0.894. The number of hydrogen-bond donors (Lipinski definition) is 2. The van der Waals surface area contributed by atoms with Crippen LogP contribution in [-0.2, 0) is 14.3 Å². The zero-order valence-electron chi connectivity index (χ0n) is 5.69. The predicted molar refractivity (Wildman–Crippen MR) is 32.6 cm³/mol. The number of carbonyl (C=O) groups excluding carboxylic acids is 2. The molecule has 0 aromatic rings. The van der Waals surface area contributed by atoms with Crippen LogP contribution in [0.15, 0.2) is 0 Å². The van der Waals surface area contributed by atoms with Gasteiger partial charge in [-0.05, 0) is 0 Å². The van der Waals surface area contributed by atoms with Crippen molar-refractivity contribution >= 4 is 11.8 Å². The van der Waals surface area contributed by atoms with Gasteiger partial charge in [0.15, 0.2) is 6.10 Å². The number of aliphatic hydroxyl groups is 2. The first-order valence-electron chi connectivity index (χ1n) is 3.20. The summed E-state index contributed by atoms with van der Waals surface area (Å²) in [5.41, 5.74) is 0. The number of esters is 1. The predicted octanol–water partition coefficient (Wildman–Crippen LogP) is -1.78. The number of ether oxygens (including phenoxy) is 1. The normalized spacial score (nSPS) is 30.7. The molecule has 11 heavy (non-hydrogen) atoms. The summed E-state index contributed by atoms with van der Waals surface area (Å²) < 4.78 is 4.43. The van der Waals surface area contributed by atoms with E-state index in [-0.39, 0.29) is 13.0 Å². The SMILES string of the molecule is O=C1O[C@H](CCO)C(O)C1=O. The number of ketones is 1. The Kier molecular flexibility index (Phi) is 2.21. The Bertz CT molecular complexity index is 187. The average Bonchev–Trinajstić information content (AvgIpc) is 2.19. The Balaban J connectivity index is 2.59. The Morgan fingerprint density at radius 2 is 2.09 bits per heavy atom. The van der Waals surface area contributed by atoms with Crippen LogP contribution >= 0.6 is 0 Å². The van der Waals surface area contributed by atoms with Gasteiger partial charge in [-0.15, -0.1) is 0 Å². The Morgan fingerprint density at radius 1 is 1.45 bits per heavy atom. The van der Waals surface area contributed by atoms with Gasteiger partial charge in [0.25, 0.3) is 5.78 Å². The van der Waals surface area contributed by atoms with Gasteiger partial charge in [-0.25, -0.2) is 4.79 Å². The first kappa shape index (κ1) is 8.16. The quantitative estimate of drug-likeness (QED) is 0.368. The minimum Gasteiger partial charge on any atom is -0.453 e. The molecule has 0 aromatic carbocycles. The summed E-state index contributed by atoms with van der Waals surface area (Å²) in [6, 6.07) is 0. The van der Waals surface area contributed by atoms with E-state index < -0.39 is 24.0 Å². The molecule has 2 atom stereocenters. The number of rotatable bonds is 2. The Hall–Kier alpha value is -0.940. The first-order valence-corrected chi connectivity index (χ1v) is 3.20. The van der Waals surface area contributed by atoms with E-state index in [2.05, 4.69) is 4.74 Å². The van der Waals surface area contributed by atoms with E-state index in [9.17, 15) is 9.59 Å². The van der Waals surface area contributed by atoms with Crippen LogP contribution in [0.5, 0.6) is 0 Å². The molecule has 0 radical (unpaired) electrons. The van der Waals surface area contributed by atoms with Crippen molar-refractivity contribution in [1.82, 2.24) is 0 Å². The number of cyclic esters (lactones) is 1. The molecule has 0 bridgehead atoms. The fourth-order valence-corrected chi connectivity index (χ4v) is 0.894. The second-order valence-electron chi connectivity index (χ2n) is 2.27. The molecular formula is C6H8O5. The fraction of sp³-hybridized carbons (Fsp3) is 0.667. The summed E-state index contributed by atoms with van der Waals surface area (Å²) in [6.45, 7) is -0.220. The molecular weight excluding hydrogens is 152 g/mol. The monoisotopic (exact) mass is 160 g/mol. The molecule has 0 saturated carbocycles. The molecule has 1 aliphatic heterocycles. The number of hydrogen-bond acceptors (Lipinski definition) is 5. The zero-order valence-corrected chi connectivity index (χ0v) is 5.69. The molecule has 0 spiro atoms. The molecule has 0 aliphatic carbocycles. The number of carbonyl (C=O) groups is 2. The van der Waals surface area contributed by atoms with Gasteiger partial charge >= 0.3 is 5.97 Å². The van der Waals surface area contributed by atoms with Crippen molar-refractivity contribution in [2.24, 2.45) is 0 Å². The van der Waals surface area contributed by atoms with E-state index in [1.807, 2.05) is 0 Å². The molecule has 1 aliphatic rings. The molecule has 1 unspecified atom stereocenters. The molecule has 62 valence electrons. The van der Waals surface area contributed by atoms with Gasteiger partial charge < -0.3 is 14.9 Å². The minimum atomic E-state index is -1.39. The molecule has 1 fully saturated rings. The van der Waals surface area contributed by atoms with Gasteiger partial charge in [0.2, 0.25) is 0 Å². The topological polar surface area (TPSA) is 83.8 Å². The standard InChI is InChI=1S/C6H8O5/c7-2-1-3-4(8)5(9)6(10)11-3/h3-4,7-8H,1-2H2/t3-,4?/m1/s1. The lowest BCUT2D eigenvalue weighted by atomic mass is 10.1. The lowest BCUT2D eigenvalue weighted by molar-refractivity contribution is -0.149. The van der Waals surface area contributed by atoms with Gasteiger partial charge in [0.05, 0.1) is 0 Å². The highest BCUT2D eigenvalue weighted by atomic mass is 16.6. The molecule has 0 aromatic heterocycles. The van der Waals surface area contributed by atoms with E-state index in [4.69, 9.17) is 10.2 Å². The van der Waals surface area contributed by atoms with E-state index in [1.54, 1.807) is 0 Å². The van der Waals surface area contributed by atoms with Crippen molar-refractivity contribution < 1.29 is 24.5 Å². The van der Waals surface area contributed by atoms with Crippen molar-refractivity contribution in [3.8, 4) is 0 Å². The van der Waals surface area contributed by atoms with E-state index in [0.717, 1.165) is 0 Å². The smallest absolute Gasteiger partial charge is 0.377 e. The minimum absolute atomic E-state index is 0.0959. The summed E-state index contributed by atoms with van der Waals surface area (Å²) in [7, 11) is 0. The van der Waals surface area contributed by atoms with E-state index in [1.165, 1.54) is 0 Å². The van der Waals surface area contributed by atoms with Crippen LogP contribution in [0.4, 0.5) is 0 Å².